The molecule has 0 saturated carbocycles. The zero-order valence-electron chi connectivity index (χ0n) is 12.1. The van der Waals surface area contributed by atoms with Crippen LogP contribution in [0.15, 0.2) is 12.1 Å². The molecule has 0 unspecified atom stereocenters. The van der Waals surface area contributed by atoms with Gasteiger partial charge in [-0.2, -0.15) is 0 Å². The highest BCUT2D eigenvalue weighted by Crippen LogP contribution is 2.23. The number of aromatic nitrogens is 4. The SMILES string of the molecule is Cc1nnc2c(NCCCCN)nc3cc(F)c(F)cc3n12. The van der Waals surface area contributed by atoms with Gasteiger partial charge in [0.05, 0.1) is 11.0 Å². The number of nitrogens with two attached hydrogens (primary N) is 1. The second kappa shape index (κ2) is 5.80. The van der Waals surface area contributed by atoms with Gasteiger partial charge in [-0.15, -0.1) is 10.2 Å². The van der Waals surface area contributed by atoms with E-state index in [1.54, 1.807) is 11.3 Å². The molecule has 0 aliphatic carbocycles. The summed E-state index contributed by atoms with van der Waals surface area (Å²) in [5, 5.41) is 11.2. The van der Waals surface area contributed by atoms with Crippen molar-refractivity contribution in [3.8, 4) is 0 Å². The molecule has 6 nitrogen and oxygen atoms in total. The molecule has 0 aliphatic rings. The highest BCUT2D eigenvalue weighted by atomic mass is 19.2. The Kier molecular flexibility index (Phi) is 3.84. The van der Waals surface area contributed by atoms with Crippen molar-refractivity contribution in [2.45, 2.75) is 19.8 Å². The van der Waals surface area contributed by atoms with Crippen LogP contribution in [0.1, 0.15) is 18.7 Å². The minimum absolute atomic E-state index is 0.343. The molecule has 0 aliphatic heterocycles. The molecule has 2 heterocycles. The minimum atomic E-state index is -0.931. The van der Waals surface area contributed by atoms with E-state index in [-0.39, 0.29) is 0 Å². The van der Waals surface area contributed by atoms with E-state index in [1.165, 1.54) is 0 Å². The zero-order valence-corrected chi connectivity index (χ0v) is 12.1. The van der Waals surface area contributed by atoms with Crippen molar-refractivity contribution in [2.24, 2.45) is 5.73 Å². The van der Waals surface area contributed by atoms with Crippen molar-refractivity contribution in [3.05, 3.63) is 29.6 Å². The van der Waals surface area contributed by atoms with Gasteiger partial charge < -0.3 is 11.1 Å². The van der Waals surface area contributed by atoms with Gasteiger partial charge in [-0.05, 0) is 26.3 Å². The van der Waals surface area contributed by atoms with Crippen LogP contribution in [0, 0.1) is 18.6 Å². The number of hydrogen-bond donors (Lipinski definition) is 2. The molecule has 8 heteroatoms. The molecule has 0 spiro atoms. The van der Waals surface area contributed by atoms with Crippen LogP contribution in [0.4, 0.5) is 14.6 Å². The van der Waals surface area contributed by atoms with Crippen LogP contribution < -0.4 is 11.1 Å². The van der Waals surface area contributed by atoms with Gasteiger partial charge in [0, 0.05) is 18.7 Å². The Labute approximate surface area is 125 Å². The number of aryl methyl sites for hydroxylation is 1. The number of rotatable bonds is 5. The number of benzene rings is 1. The predicted molar refractivity (Wildman–Crippen MR) is 79.7 cm³/mol. The largest absolute Gasteiger partial charge is 0.367 e. The number of nitrogens with zero attached hydrogens (tertiary/aromatic N) is 4. The summed E-state index contributed by atoms with van der Waals surface area (Å²) in [6, 6.07) is 2.19. The van der Waals surface area contributed by atoms with Gasteiger partial charge in [-0.25, -0.2) is 13.8 Å². The predicted octanol–water partition coefficient (Wildman–Crippen LogP) is 2.01. The fourth-order valence-corrected chi connectivity index (χ4v) is 2.36. The smallest absolute Gasteiger partial charge is 0.204 e. The maximum Gasteiger partial charge on any atom is 0.204 e. The molecule has 0 radical (unpaired) electrons. The van der Waals surface area contributed by atoms with Crippen molar-refractivity contribution in [1.82, 2.24) is 19.6 Å². The molecule has 0 fully saturated rings. The van der Waals surface area contributed by atoms with E-state index in [0.717, 1.165) is 25.0 Å². The van der Waals surface area contributed by atoms with E-state index in [2.05, 4.69) is 20.5 Å². The van der Waals surface area contributed by atoms with E-state index in [9.17, 15) is 8.78 Å². The van der Waals surface area contributed by atoms with Crippen LogP contribution in [0.25, 0.3) is 16.7 Å². The summed E-state index contributed by atoms with van der Waals surface area (Å²) in [7, 11) is 0. The highest BCUT2D eigenvalue weighted by molar-refractivity contribution is 5.83. The number of halogens is 2. The van der Waals surface area contributed by atoms with E-state index in [4.69, 9.17) is 5.73 Å². The summed E-state index contributed by atoms with van der Waals surface area (Å²) in [5.41, 5.74) is 6.73. The Morgan fingerprint density at radius 2 is 1.95 bits per heavy atom. The lowest BCUT2D eigenvalue weighted by Gasteiger charge is -2.10. The summed E-state index contributed by atoms with van der Waals surface area (Å²) in [6.45, 7) is 3.04. The van der Waals surface area contributed by atoms with Gasteiger partial charge >= 0.3 is 0 Å². The fourth-order valence-electron chi connectivity index (χ4n) is 2.36. The van der Waals surface area contributed by atoms with Crippen molar-refractivity contribution in [1.29, 1.82) is 0 Å². The quantitative estimate of drug-likeness (QED) is 0.705. The number of hydrogen-bond acceptors (Lipinski definition) is 5. The maximum atomic E-state index is 13.5. The van der Waals surface area contributed by atoms with Gasteiger partial charge in [0.15, 0.2) is 17.5 Å². The maximum absolute atomic E-state index is 13.5. The van der Waals surface area contributed by atoms with E-state index in [0.29, 0.717) is 41.4 Å². The lowest BCUT2D eigenvalue weighted by atomic mass is 10.2. The first-order valence-corrected chi connectivity index (χ1v) is 7.06. The van der Waals surface area contributed by atoms with Crippen molar-refractivity contribution in [2.75, 3.05) is 18.4 Å². The Bertz CT molecular complexity index is 829. The summed E-state index contributed by atoms with van der Waals surface area (Å²) < 4.78 is 28.7. The summed E-state index contributed by atoms with van der Waals surface area (Å²) in [4.78, 5) is 4.34. The second-order valence-electron chi connectivity index (χ2n) is 5.04. The summed E-state index contributed by atoms with van der Waals surface area (Å²) in [6.07, 6.45) is 1.77. The lowest BCUT2D eigenvalue weighted by Crippen LogP contribution is -2.09. The van der Waals surface area contributed by atoms with Crippen LogP contribution >= 0.6 is 0 Å². The highest BCUT2D eigenvalue weighted by Gasteiger charge is 2.15. The zero-order chi connectivity index (χ0) is 15.7. The van der Waals surface area contributed by atoms with E-state index in [1.807, 2.05) is 0 Å². The normalized spacial score (nSPS) is 11.5. The van der Waals surface area contributed by atoms with Crippen LogP contribution in [-0.4, -0.2) is 32.7 Å². The monoisotopic (exact) mass is 306 g/mol. The molecular formula is C14H16F2N6. The third-order valence-corrected chi connectivity index (χ3v) is 3.45. The molecule has 2 aromatic heterocycles. The average Bonchev–Trinajstić information content (AvgIpc) is 2.88. The van der Waals surface area contributed by atoms with Gasteiger partial charge in [0.1, 0.15) is 5.82 Å². The molecule has 0 saturated heterocycles. The molecule has 1 aromatic carbocycles. The van der Waals surface area contributed by atoms with Crippen LogP contribution in [0.5, 0.6) is 0 Å². The van der Waals surface area contributed by atoms with Crippen molar-refractivity contribution in [3.63, 3.8) is 0 Å². The summed E-state index contributed by atoms with van der Waals surface area (Å²) >= 11 is 0. The molecule has 3 N–H and O–H groups in total. The molecule has 0 bridgehead atoms. The lowest BCUT2D eigenvalue weighted by molar-refractivity contribution is 0.510. The molecule has 116 valence electrons. The Hall–Kier alpha value is -2.35. The fraction of sp³-hybridized carbons (Fsp3) is 0.357. The van der Waals surface area contributed by atoms with Gasteiger partial charge in [-0.1, -0.05) is 0 Å². The minimum Gasteiger partial charge on any atom is -0.367 e. The van der Waals surface area contributed by atoms with Gasteiger partial charge in [-0.3, -0.25) is 4.40 Å². The standard InChI is InChI=1S/C14H16F2N6/c1-8-20-21-14-13(18-5-3-2-4-17)19-11-6-9(15)10(16)7-12(11)22(8)14/h6-7H,2-5,17H2,1H3,(H,18,19). The van der Waals surface area contributed by atoms with E-state index >= 15 is 0 Å². The topological polar surface area (TPSA) is 81.1 Å². The van der Waals surface area contributed by atoms with Crippen LogP contribution in [0.3, 0.4) is 0 Å². The third-order valence-electron chi connectivity index (χ3n) is 3.45. The second-order valence-corrected chi connectivity index (χ2v) is 5.04. The van der Waals surface area contributed by atoms with Crippen molar-refractivity contribution < 1.29 is 8.78 Å². The Morgan fingerprint density at radius 3 is 2.73 bits per heavy atom. The van der Waals surface area contributed by atoms with Gasteiger partial charge in [0.25, 0.3) is 0 Å². The first-order valence-electron chi connectivity index (χ1n) is 7.06. The number of nitrogens with one attached hydrogen (secondary N) is 1. The molecule has 0 atom stereocenters. The first-order chi connectivity index (χ1) is 10.6. The van der Waals surface area contributed by atoms with Crippen LogP contribution in [-0.2, 0) is 0 Å². The van der Waals surface area contributed by atoms with Crippen molar-refractivity contribution >= 4 is 22.5 Å². The molecule has 0 amide bonds. The number of unbranched alkanes of at least 4 members (excludes halogenated alkanes) is 1. The first kappa shape index (κ1) is 14.6. The molecular weight excluding hydrogens is 290 g/mol. The average molecular weight is 306 g/mol. The number of fused-ring (bicyclic) bond motifs is 3. The molecule has 22 heavy (non-hydrogen) atoms. The van der Waals surface area contributed by atoms with E-state index < -0.39 is 11.6 Å². The van der Waals surface area contributed by atoms with Gasteiger partial charge in [0.2, 0.25) is 5.65 Å². The Morgan fingerprint density at radius 1 is 1.18 bits per heavy atom. The third kappa shape index (κ3) is 2.45. The molecule has 3 aromatic rings. The Balaban J connectivity index is 2.13. The number of anilines is 1. The van der Waals surface area contributed by atoms with Crippen LogP contribution in [0.2, 0.25) is 0 Å². The summed E-state index contributed by atoms with van der Waals surface area (Å²) in [5.74, 6) is -0.777. The molecule has 3 rings (SSSR count).